The van der Waals surface area contributed by atoms with Gasteiger partial charge in [0, 0.05) is 11.1 Å². The third-order valence-corrected chi connectivity index (χ3v) is 2.65. The minimum atomic E-state index is -0.433. The Labute approximate surface area is 104 Å². The highest BCUT2D eigenvalue weighted by molar-refractivity contribution is 5.63. The molecule has 0 amide bonds. The summed E-state index contributed by atoms with van der Waals surface area (Å²) in [6, 6.07) is 9.12. The van der Waals surface area contributed by atoms with E-state index in [0.717, 1.165) is 11.3 Å². The molecule has 0 spiro atoms. The van der Waals surface area contributed by atoms with E-state index in [0.29, 0.717) is 11.3 Å². The Morgan fingerprint density at radius 1 is 1.33 bits per heavy atom. The van der Waals surface area contributed by atoms with Crippen molar-refractivity contribution in [3.63, 3.8) is 0 Å². The highest BCUT2D eigenvalue weighted by atomic mass is 16.6. The first-order valence-electron chi connectivity index (χ1n) is 5.37. The molecule has 0 saturated heterocycles. The van der Waals surface area contributed by atoms with Gasteiger partial charge in [-0.05, 0) is 25.1 Å². The molecule has 1 aromatic heterocycles. The van der Waals surface area contributed by atoms with Crippen molar-refractivity contribution in [3.8, 4) is 17.0 Å². The van der Waals surface area contributed by atoms with Gasteiger partial charge in [-0.25, -0.2) is 4.98 Å². The number of nitro groups is 1. The molecule has 0 unspecified atom stereocenters. The topological polar surface area (TPSA) is 65.3 Å². The van der Waals surface area contributed by atoms with Gasteiger partial charge in [0.1, 0.15) is 11.9 Å². The van der Waals surface area contributed by atoms with Crippen LogP contribution in [0.5, 0.6) is 5.75 Å². The molecule has 0 aliphatic heterocycles. The average molecular weight is 244 g/mol. The molecule has 0 aliphatic carbocycles. The molecule has 0 atom stereocenters. The number of hydrogen-bond acceptors (Lipinski definition) is 4. The summed E-state index contributed by atoms with van der Waals surface area (Å²) in [5, 5.41) is 10.7. The van der Waals surface area contributed by atoms with E-state index in [1.54, 1.807) is 20.1 Å². The smallest absolute Gasteiger partial charge is 0.290 e. The summed E-state index contributed by atoms with van der Waals surface area (Å²) >= 11 is 0. The maximum atomic E-state index is 10.7. The van der Waals surface area contributed by atoms with Gasteiger partial charge < -0.3 is 4.74 Å². The lowest BCUT2D eigenvalue weighted by Crippen LogP contribution is -1.94. The average Bonchev–Trinajstić information content (AvgIpc) is 2.38. The molecular weight excluding hydrogens is 232 g/mol. The first-order chi connectivity index (χ1) is 8.61. The van der Waals surface area contributed by atoms with E-state index in [2.05, 4.69) is 4.98 Å². The SMILES string of the molecule is COc1cccc(-c2cc(C)c([N+](=O)[O-])cn2)c1. The van der Waals surface area contributed by atoms with Gasteiger partial charge >= 0.3 is 0 Å². The van der Waals surface area contributed by atoms with E-state index in [1.807, 2.05) is 24.3 Å². The van der Waals surface area contributed by atoms with Crippen LogP contribution in [-0.4, -0.2) is 17.0 Å². The zero-order valence-electron chi connectivity index (χ0n) is 10.1. The Morgan fingerprint density at radius 3 is 2.72 bits per heavy atom. The molecule has 5 nitrogen and oxygen atoms in total. The lowest BCUT2D eigenvalue weighted by molar-refractivity contribution is -0.385. The van der Waals surface area contributed by atoms with Crippen LogP contribution in [0.1, 0.15) is 5.56 Å². The third kappa shape index (κ3) is 2.29. The maximum Gasteiger partial charge on any atom is 0.290 e. The predicted octanol–water partition coefficient (Wildman–Crippen LogP) is 2.97. The maximum absolute atomic E-state index is 10.7. The molecule has 0 bridgehead atoms. The Hall–Kier alpha value is -2.43. The van der Waals surface area contributed by atoms with Crippen LogP contribution in [0.15, 0.2) is 36.5 Å². The fourth-order valence-electron chi connectivity index (χ4n) is 1.68. The van der Waals surface area contributed by atoms with Crippen LogP contribution < -0.4 is 4.74 Å². The van der Waals surface area contributed by atoms with E-state index < -0.39 is 4.92 Å². The standard InChI is InChI=1S/C13H12N2O3/c1-9-6-12(14-8-13(9)15(16)17)10-4-3-5-11(7-10)18-2/h3-8H,1-2H3. The van der Waals surface area contributed by atoms with Crippen LogP contribution in [0.4, 0.5) is 5.69 Å². The number of rotatable bonds is 3. The number of aryl methyl sites for hydroxylation is 1. The van der Waals surface area contributed by atoms with Crippen molar-refractivity contribution in [1.29, 1.82) is 0 Å². The number of pyridine rings is 1. The van der Waals surface area contributed by atoms with Crippen molar-refractivity contribution < 1.29 is 9.66 Å². The minimum Gasteiger partial charge on any atom is -0.497 e. The molecule has 2 rings (SSSR count). The molecule has 0 fully saturated rings. The number of benzene rings is 1. The summed E-state index contributed by atoms with van der Waals surface area (Å²) in [6.07, 6.45) is 1.28. The van der Waals surface area contributed by atoms with E-state index >= 15 is 0 Å². The number of aromatic nitrogens is 1. The molecule has 0 saturated carbocycles. The highest BCUT2D eigenvalue weighted by Gasteiger charge is 2.12. The fraction of sp³-hybridized carbons (Fsp3) is 0.154. The minimum absolute atomic E-state index is 0.0293. The van der Waals surface area contributed by atoms with Crippen LogP contribution >= 0.6 is 0 Å². The highest BCUT2D eigenvalue weighted by Crippen LogP contribution is 2.25. The first kappa shape index (κ1) is 12.0. The third-order valence-electron chi connectivity index (χ3n) is 2.65. The van der Waals surface area contributed by atoms with Crippen LogP contribution in [0, 0.1) is 17.0 Å². The summed E-state index contributed by atoms with van der Waals surface area (Å²) in [5.41, 5.74) is 2.18. The summed E-state index contributed by atoms with van der Waals surface area (Å²) in [6.45, 7) is 1.70. The van der Waals surface area contributed by atoms with E-state index in [4.69, 9.17) is 4.74 Å². The number of hydrogen-bond donors (Lipinski definition) is 0. The monoisotopic (exact) mass is 244 g/mol. The van der Waals surface area contributed by atoms with Crippen molar-refractivity contribution in [3.05, 3.63) is 52.2 Å². The molecular formula is C13H12N2O3. The van der Waals surface area contributed by atoms with Crippen LogP contribution in [0.3, 0.4) is 0 Å². The van der Waals surface area contributed by atoms with Gasteiger partial charge in [-0.1, -0.05) is 12.1 Å². The van der Waals surface area contributed by atoms with Crippen molar-refractivity contribution in [2.75, 3.05) is 7.11 Å². The molecule has 0 aliphatic rings. The van der Waals surface area contributed by atoms with Crippen LogP contribution in [0.2, 0.25) is 0 Å². The van der Waals surface area contributed by atoms with Gasteiger partial charge in [0.15, 0.2) is 0 Å². The predicted molar refractivity (Wildman–Crippen MR) is 67.6 cm³/mol. The van der Waals surface area contributed by atoms with Crippen molar-refractivity contribution in [2.45, 2.75) is 6.92 Å². The Bertz CT molecular complexity index is 597. The summed E-state index contributed by atoms with van der Waals surface area (Å²) in [5.74, 6) is 0.727. The Kier molecular flexibility index (Phi) is 3.23. The summed E-state index contributed by atoms with van der Waals surface area (Å²) < 4.78 is 5.13. The quantitative estimate of drug-likeness (QED) is 0.615. The molecule has 1 aromatic carbocycles. The Morgan fingerprint density at radius 2 is 2.11 bits per heavy atom. The van der Waals surface area contributed by atoms with Gasteiger partial charge in [0.25, 0.3) is 5.69 Å². The van der Waals surface area contributed by atoms with Crippen LogP contribution in [-0.2, 0) is 0 Å². The summed E-state index contributed by atoms with van der Waals surface area (Å²) in [4.78, 5) is 14.4. The lowest BCUT2D eigenvalue weighted by Gasteiger charge is -2.05. The first-order valence-corrected chi connectivity index (χ1v) is 5.37. The molecule has 5 heteroatoms. The zero-order chi connectivity index (χ0) is 13.1. The largest absolute Gasteiger partial charge is 0.497 e. The van der Waals surface area contributed by atoms with E-state index in [-0.39, 0.29) is 5.69 Å². The molecule has 2 aromatic rings. The second kappa shape index (κ2) is 4.83. The summed E-state index contributed by atoms with van der Waals surface area (Å²) in [7, 11) is 1.59. The zero-order valence-corrected chi connectivity index (χ0v) is 10.1. The van der Waals surface area contributed by atoms with E-state index in [1.165, 1.54) is 6.20 Å². The van der Waals surface area contributed by atoms with Gasteiger partial charge in [0.05, 0.1) is 17.7 Å². The fourth-order valence-corrected chi connectivity index (χ4v) is 1.68. The molecule has 0 radical (unpaired) electrons. The van der Waals surface area contributed by atoms with Crippen molar-refractivity contribution >= 4 is 5.69 Å². The van der Waals surface area contributed by atoms with Gasteiger partial charge in [-0.2, -0.15) is 0 Å². The normalized spacial score (nSPS) is 10.1. The molecule has 1 heterocycles. The van der Waals surface area contributed by atoms with Crippen molar-refractivity contribution in [2.24, 2.45) is 0 Å². The second-order valence-electron chi connectivity index (χ2n) is 3.85. The van der Waals surface area contributed by atoms with Gasteiger partial charge in [-0.15, -0.1) is 0 Å². The molecule has 92 valence electrons. The Balaban J connectivity index is 2.45. The van der Waals surface area contributed by atoms with Crippen LogP contribution in [0.25, 0.3) is 11.3 Å². The molecule has 0 N–H and O–H groups in total. The number of methoxy groups -OCH3 is 1. The lowest BCUT2D eigenvalue weighted by atomic mass is 10.1. The van der Waals surface area contributed by atoms with Gasteiger partial charge in [0.2, 0.25) is 0 Å². The number of ether oxygens (including phenoxy) is 1. The molecule has 18 heavy (non-hydrogen) atoms. The number of nitrogens with zero attached hydrogens (tertiary/aromatic N) is 2. The van der Waals surface area contributed by atoms with E-state index in [9.17, 15) is 10.1 Å². The second-order valence-corrected chi connectivity index (χ2v) is 3.85. The van der Waals surface area contributed by atoms with Gasteiger partial charge in [-0.3, -0.25) is 10.1 Å². The van der Waals surface area contributed by atoms with Crippen molar-refractivity contribution in [1.82, 2.24) is 4.98 Å².